The molecule has 0 aliphatic rings. The number of benzene rings is 2. The van der Waals surface area contributed by atoms with E-state index in [4.69, 9.17) is 11.6 Å². The quantitative estimate of drug-likeness (QED) is 0.242. The van der Waals surface area contributed by atoms with Crippen LogP contribution in [-0.4, -0.2) is 36.2 Å². The number of aryl methyl sites for hydroxylation is 1. The molecule has 5 aromatic rings. The van der Waals surface area contributed by atoms with Crippen LogP contribution in [0.5, 0.6) is 0 Å². The highest BCUT2D eigenvalue weighted by molar-refractivity contribution is 7.99. The molecule has 154 valence electrons. The second kappa shape index (κ2) is 7.88. The lowest BCUT2D eigenvalue weighted by Gasteiger charge is -2.09. The highest BCUT2D eigenvalue weighted by Crippen LogP contribution is 2.29. The molecule has 0 aliphatic carbocycles. The van der Waals surface area contributed by atoms with E-state index in [2.05, 4.69) is 25.4 Å². The average Bonchev–Trinajstić information content (AvgIpc) is 3.14. The van der Waals surface area contributed by atoms with Crippen molar-refractivity contribution in [3.8, 4) is 0 Å². The molecular formula is C20H13ClN6O2S2. The molecule has 3 heterocycles. The van der Waals surface area contributed by atoms with Gasteiger partial charge in [0.15, 0.2) is 15.9 Å². The number of aromatic nitrogens is 5. The lowest BCUT2D eigenvalue weighted by molar-refractivity contribution is -0.113. The molecule has 3 aromatic heterocycles. The monoisotopic (exact) mass is 468 g/mol. The van der Waals surface area contributed by atoms with Crippen LogP contribution in [0.15, 0.2) is 52.4 Å². The number of thioether (sulfide) groups is 1. The first-order valence-corrected chi connectivity index (χ1v) is 11.3. The second-order valence-corrected chi connectivity index (χ2v) is 9.03. The number of rotatable bonds is 4. The summed E-state index contributed by atoms with van der Waals surface area (Å²) in [6.45, 7) is 1.59. The van der Waals surface area contributed by atoms with Crippen molar-refractivity contribution < 1.29 is 4.79 Å². The number of para-hydroxylation sites is 1. The summed E-state index contributed by atoms with van der Waals surface area (Å²) in [6, 6.07) is 12.7. The van der Waals surface area contributed by atoms with E-state index in [0.717, 1.165) is 10.2 Å². The third-order valence-corrected chi connectivity index (χ3v) is 6.54. The largest absolute Gasteiger partial charge is 0.301 e. The summed E-state index contributed by atoms with van der Waals surface area (Å²) in [4.78, 5) is 37.8. The summed E-state index contributed by atoms with van der Waals surface area (Å²) in [7, 11) is 0. The number of hydrogen-bond acceptors (Lipinski definition) is 8. The molecule has 0 radical (unpaired) electrons. The first-order valence-electron chi connectivity index (χ1n) is 9.13. The van der Waals surface area contributed by atoms with Gasteiger partial charge in [-0.1, -0.05) is 46.8 Å². The van der Waals surface area contributed by atoms with Gasteiger partial charge in [0, 0.05) is 10.4 Å². The predicted molar refractivity (Wildman–Crippen MR) is 123 cm³/mol. The number of halogens is 1. The Bertz CT molecular complexity index is 1550. The number of anilines is 1. The Hall–Kier alpha value is -3.08. The van der Waals surface area contributed by atoms with E-state index in [9.17, 15) is 9.59 Å². The minimum Gasteiger partial charge on any atom is -0.301 e. The normalized spacial score (nSPS) is 11.4. The van der Waals surface area contributed by atoms with E-state index in [-0.39, 0.29) is 22.9 Å². The van der Waals surface area contributed by atoms with Crippen molar-refractivity contribution in [2.75, 3.05) is 11.1 Å². The fraction of sp³-hybridized carbons (Fsp3) is 0.100. The number of hydrogen-bond donors (Lipinski definition) is 1. The van der Waals surface area contributed by atoms with Crippen molar-refractivity contribution >= 4 is 72.5 Å². The third kappa shape index (κ3) is 3.85. The number of fused-ring (bicyclic) bond motifs is 4. The van der Waals surface area contributed by atoms with Gasteiger partial charge in [-0.05, 0) is 37.3 Å². The molecule has 0 aliphatic heterocycles. The Morgan fingerprint density at radius 2 is 2.00 bits per heavy atom. The maximum Gasteiger partial charge on any atom is 0.294 e. The first kappa shape index (κ1) is 19.9. The minimum absolute atomic E-state index is 0.0873. The van der Waals surface area contributed by atoms with Crippen LogP contribution in [0.4, 0.5) is 5.13 Å². The minimum atomic E-state index is -0.388. The molecule has 8 nitrogen and oxygen atoms in total. The van der Waals surface area contributed by atoms with Crippen LogP contribution in [0.25, 0.3) is 26.8 Å². The SMILES string of the molecule is Cc1nn2c(SCC(=O)Nc3nc4ccc(Cl)cc4s3)nc3ccccc3c2nc1=O. The van der Waals surface area contributed by atoms with Gasteiger partial charge in [0.25, 0.3) is 5.56 Å². The molecule has 0 unspecified atom stereocenters. The average molecular weight is 469 g/mol. The van der Waals surface area contributed by atoms with Crippen molar-refractivity contribution in [3.05, 3.63) is 63.5 Å². The zero-order valence-electron chi connectivity index (χ0n) is 16.0. The highest BCUT2D eigenvalue weighted by Gasteiger charge is 2.15. The predicted octanol–water partition coefficient (Wildman–Crippen LogP) is 3.94. The molecule has 0 spiro atoms. The zero-order chi connectivity index (χ0) is 21.5. The number of nitrogens with zero attached hydrogens (tertiary/aromatic N) is 5. The summed E-state index contributed by atoms with van der Waals surface area (Å²) in [5, 5.41) is 9.44. The van der Waals surface area contributed by atoms with Gasteiger partial charge in [-0.3, -0.25) is 9.59 Å². The molecule has 0 bridgehead atoms. The molecule has 0 saturated carbocycles. The molecule has 1 N–H and O–H groups in total. The Morgan fingerprint density at radius 3 is 2.87 bits per heavy atom. The topological polar surface area (TPSA) is 102 Å². The van der Waals surface area contributed by atoms with Crippen LogP contribution in [-0.2, 0) is 4.79 Å². The summed E-state index contributed by atoms with van der Waals surface area (Å²) in [5.74, 6) is -0.145. The number of carbonyl (C=O) groups is 1. The fourth-order valence-electron chi connectivity index (χ4n) is 3.01. The summed E-state index contributed by atoms with van der Waals surface area (Å²) in [6.07, 6.45) is 0. The number of thiazole rings is 1. The summed E-state index contributed by atoms with van der Waals surface area (Å²) in [5.41, 5.74) is 1.72. The van der Waals surface area contributed by atoms with Gasteiger partial charge in [-0.15, -0.1) is 0 Å². The highest BCUT2D eigenvalue weighted by atomic mass is 35.5. The van der Waals surface area contributed by atoms with Crippen LogP contribution < -0.4 is 10.9 Å². The van der Waals surface area contributed by atoms with Gasteiger partial charge < -0.3 is 5.32 Å². The second-order valence-electron chi connectivity index (χ2n) is 6.62. The van der Waals surface area contributed by atoms with Crippen molar-refractivity contribution in [3.63, 3.8) is 0 Å². The van der Waals surface area contributed by atoms with Crippen LogP contribution in [0.2, 0.25) is 5.02 Å². The van der Waals surface area contributed by atoms with Crippen LogP contribution in [0.3, 0.4) is 0 Å². The van der Waals surface area contributed by atoms with Crippen molar-refractivity contribution in [1.29, 1.82) is 0 Å². The van der Waals surface area contributed by atoms with Gasteiger partial charge in [0.05, 0.1) is 21.5 Å². The van der Waals surface area contributed by atoms with E-state index in [0.29, 0.717) is 31.9 Å². The first-order chi connectivity index (χ1) is 15.0. The molecular weight excluding hydrogens is 456 g/mol. The molecule has 0 saturated heterocycles. The number of amides is 1. The third-order valence-electron chi connectivity index (χ3n) is 4.44. The van der Waals surface area contributed by atoms with E-state index in [1.165, 1.54) is 27.6 Å². The standard InChI is InChI=1S/C20H13ClN6O2S2/c1-10-18(29)25-17-12-4-2-3-5-13(12)23-20(27(17)26-10)30-9-16(28)24-19-22-14-7-6-11(21)8-15(14)31-19/h2-8H,9H2,1H3,(H,22,24,28). The smallest absolute Gasteiger partial charge is 0.294 e. The molecule has 5 rings (SSSR count). The molecule has 0 atom stereocenters. The maximum atomic E-state index is 12.5. The van der Waals surface area contributed by atoms with Crippen molar-refractivity contribution in [1.82, 2.24) is 24.6 Å². The lowest BCUT2D eigenvalue weighted by atomic mass is 10.2. The van der Waals surface area contributed by atoms with Gasteiger partial charge in [0.1, 0.15) is 5.69 Å². The Morgan fingerprint density at radius 1 is 1.16 bits per heavy atom. The molecule has 11 heteroatoms. The Balaban J connectivity index is 1.43. The summed E-state index contributed by atoms with van der Waals surface area (Å²) >= 11 is 8.57. The van der Waals surface area contributed by atoms with E-state index >= 15 is 0 Å². The molecule has 0 fully saturated rings. The van der Waals surface area contributed by atoms with Crippen LogP contribution in [0, 0.1) is 6.92 Å². The Labute approximate surface area is 188 Å². The van der Waals surface area contributed by atoms with E-state index < -0.39 is 0 Å². The van der Waals surface area contributed by atoms with Gasteiger partial charge in [-0.25, -0.2) is 9.97 Å². The van der Waals surface area contributed by atoms with E-state index in [1.54, 1.807) is 13.0 Å². The van der Waals surface area contributed by atoms with Gasteiger partial charge in [-0.2, -0.15) is 14.6 Å². The zero-order valence-corrected chi connectivity index (χ0v) is 18.4. The maximum absolute atomic E-state index is 12.5. The van der Waals surface area contributed by atoms with E-state index in [1.807, 2.05) is 36.4 Å². The van der Waals surface area contributed by atoms with Gasteiger partial charge in [0.2, 0.25) is 5.91 Å². The molecule has 1 amide bonds. The summed E-state index contributed by atoms with van der Waals surface area (Å²) < 4.78 is 2.41. The number of nitrogens with one attached hydrogen (secondary N) is 1. The lowest BCUT2D eigenvalue weighted by Crippen LogP contribution is -2.19. The van der Waals surface area contributed by atoms with Crippen LogP contribution >= 0.6 is 34.7 Å². The molecule has 2 aromatic carbocycles. The Kier molecular flexibility index (Phi) is 5.05. The molecule has 31 heavy (non-hydrogen) atoms. The van der Waals surface area contributed by atoms with Crippen molar-refractivity contribution in [2.45, 2.75) is 12.1 Å². The fourth-order valence-corrected chi connectivity index (χ4v) is 4.92. The van der Waals surface area contributed by atoms with Crippen molar-refractivity contribution in [2.24, 2.45) is 0 Å². The van der Waals surface area contributed by atoms with Crippen LogP contribution in [0.1, 0.15) is 5.69 Å². The number of carbonyl (C=O) groups excluding carboxylic acids is 1. The van der Waals surface area contributed by atoms with Gasteiger partial charge >= 0.3 is 0 Å².